The predicted molar refractivity (Wildman–Crippen MR) is 95.0 cm³/mol. The lowest BCUT2D eigenvalue weighted by atomic mass is 9.47. The SMILES string of the molecule is C[C@H]1CC2[C@H](C(O)CC3(O)C(C(=O)CO)CC[C@@H]23)C2(C)C=CC(=O)C=C12. The van der Waals surface area contributed by atoms with Crippen LogP contribution in [0.5, 0.6) is 0 Å². The molecule has 0 amide bonds. The molecule has 4 aliphatic rings. The van der Waals surface area contributed by atoms with Crippen molar-refractivity contribution in [2.45, 2.75) is 51.2 Å². The number of hydrogen-bond acceptors (Lipinski definition) is 5. The molecule has 0 aliphatic heterocycles. The second-order valence-electron chi connectivity index (χ2n) is 9.07. The highest BCUT2D eigenvalue weighted by atomic mass is 16.3. The molecule has 0 saturated heterocycles. The molecule has 3 fully saturated rings. The van der Waals surface area contributed by atoms with Gasteiger partial charge in [-0.2, -0.15) is 0 Å². The number of aliphatic hydroxyl groups is 3. The fraction of sp³-hybridized carbons (Fsp3) is 0.714. The van der Waals surface area contributed by atoms with E-state index in [-0.39, 0.29) is 41.7 Å². The van der Waals surface area contributed by atoms with Crippen molar-refractivity contribution < 1.29 is 24.9 Å². The van der Waals surface area contributed by atoms with Crippen molar-refractivity contribution in [1.29, 1.82) is 0 Å². The molecule has 0 aromatic carbocycles. The Bertz CT molecular complexity index is 709. The average molecular weight is 360 g/mol. The van der Waals surface area contributed by atoms with Crippen molar-refractivity contribution in [3.8, 4) is 0 Å². The molecule has 3 saturated carbocycles. The minimum absolute atomic E-state index is 0.000878. The van der Waals surface area contributed by atoms with E-state index in [1.54, 1.807) is 12.2 Å². The van der Waals surface area contributed by atoms with E-state index >= 15 is 0 Å². The van der Waals surface area contributed by atoms with Crippen LogP contribution in [0.25, 0.3) is 0 Å². The highest BCUT2D eigenvalue weighted by Crippen LogP contribution is 2.63. The van der Waals surface area contributed by atoms with Gasteiger partial charge in [-0.3, -0.25) is 9.59 Å². The highest BCUT2D eigenvalue weighted by molar-refractivity contribution is 6.01. The molecule has 0 heterocycles. The first kappa shape index (κ1) is 18.1. The van der Waals surface area contributed by atoms with Gasteiger partial charge in [0.25, 0.3) is 0 Å². The maximum atomic E-state index is 12.2. The number of carbonyl (C=O) groups excluding carboxylic acids is 2. The Labute approximate surface area is 153 Å². The van der Waals surface area contributed by atoms with E-state index in [0.717, 1.165) is 18.4 Å². The van der Waals surface area contributed by atoms with Gasteiger partial charge in [-0.15, -0.1) is 0 Å². The number of ketones is 2. The average Bonchev–Trinajstić information content (AvgIpc) is 2.92. The van der Waals surface area contributed by atoms with Crippen LogP contribution in [0.1, 0.15) is 39.5 Å². The Morgan fingerprint density at radius 2 is 2.08 bits per heavy atom. The van der Waals surface area contributed by atoms with Gasteiger partial charge in [-0.1, -0.05) is 25.5 Å². The van der Waals surface area contributed by atoms with Crippen LogP contribution in [-0.2, 0) is 9.59 Å². The van der Waals surface area contributed by atoms with Crippen LogP contribution in [0.15, 0.2) is 23.8 Å². The van der Waals surface area contributed by atoms with Crippen LogP contribution in [0.2, 0.25) is 0 Å². The lowest BCUT2D eigenvalue weighted by Crippen LogP contribution is -2.61. The van der Waals surface area contributed by atoms with E-state index in [1.165, 1.54) is 0 Å². The zero-order valence-electron chi connectivity index (χ0n) is 15.4. The predicted octanol–water partition coefficient (Wildman–Crippen LogP) is 1.41. The van der Waals surface area contributed by atoms with Gasteiger partial charge in [0, 0.05) is 23.7 Å². The number of aliphatic hydroxyl groups excluding tert-OH is 2. The summed E-state index contributed by atoms with van der Waals surface area (Å²) in [5.41, 5.74) is -0.543. The second kappa shape index (κ2) is 5.85. The standard InChI is InChI=1S/C21H28O5/c1-11-7-13-14-3-4-15(18(25)10-22)21(14,26)9-17(24)19(13)20(2)6-5-12(23)8-16(11)20/h5-6,8,11,13-15,17,19,22,24,26H,3-4,7,9-10H2,1-2H3/t11-,13?,14-,15?,17?,19+,20?,21?/m0/s1. The molecule has 5 heteroatoms. The zero-order chi connectivity index (χ0) is 18.9. The summed E-state index contributed by atoms with van der Waals surface area (Å²) in [6.07, 6.45) is 6.79. The van der Waals surface area contributed by atoms with Gasteiger partial charge < -0.3 is 15.3 Å². The summed E-state index contributed by atoms with van der Waals surface area (Å²) in [7, 11) is 0. The van der Waals surface area contributed by atoms with E-state index in [4.69, 9.17) is 0 Å². The third-order valence-electron chi connectivity index (χ3n) is 7.85. The Morgan fingerprint density at radius 1 is 1.35 bits per heavy atom. The van der Waals surface area contributed by atoms with Gasteiger partial charge in [0.15, 0.2) is 11.6 Å². The lowest BCUT2D eigenvalue weighted by Gasteiger charge is -2.59. The molecule has 142 valence electrons. The third-order valence-corrected chi connectivity index (χ3v) is 7.85. The smallest absolute Gasteiger partial charge is 0.178 e. The maximum absolute atomic E-state index is 12.2. The number of rotatable bonds is 2. The molecule has 0 aromatic rings. The second-order valence-corrected chi connectivity index (χ2v) is 9.07. The summed E-state index contributed by atoms with van der Waals surface area (Å²) >= 11 is 0. The fourth-order valence-corrected chi connectivity index (χ4v) is 6.91. The topological polar surface area (TPSA) is 94.8 Å². The molecular weight excluding hydrogens is 332 g/mol. The van der Waals surface area contributed by atoms with Crippen LogP contribution >= 0.6 is 0 Å². The summed E-state index contributed by atoms with van der Waals surface area (Å²) in [4.78, 5) is 24.1. The van der Waals surface area contributed by atoms with Gasteiger partial charge in [0.2, 0.25) is 0 Å². The molecule has 4 rings (SSSR count). The van der Waals surface area contributed by atoms with Crippen molar-refractivity contribution in [1.82, 2.24) is 0 Å². The summed E-state index contributed by atoms with van der Waals surface area (Å²) in [6, 6.07) is 0. The summed E-state index contributed by atoms with van der Waals surface area (Å²) in [5.74, 6) is -0.742. The van der Waals surface area contributed by atoms with Crippen molar-refractivity contribution in [3.05, 3.63) is 23.8 Å². The highest BCUT2D eigenvalue weighted by Gasteiger charge is 2.64. The molecule has 5 unspecified atom stereocenters. The van der Waals surface area contributed by atoms with E-state index in [9.17, 15) is 24.9 Å². The molecule has 0 radical (unpaired) electrons. The minimum Gasteiger partial charge on any atom is -0.393 e. The molecule has 0 aromatic heterocycles. The Hall–Kier alpha value is -1.30. The van der Waals surface area contributed by atoms with E-state index in [2.05, 4.69) is 13.8 Å². The van der Waals surface area contributed by atoms with Gasteiger partial charge in [0.05, 0.1) is 11.7 Å². The van der Waals surface area contributed by atoms with Gasteiger partial charge in [-0.05, 0) is 49.2 Å². The molecule has 0 spiro atoms. The Morgan fingerprint density at radius 3 is 2.77 bits per heavy atom. The first-order valence-electron chi connectivity index (χ1n) is 9.71. The molecule has 26 heavy (non-hydrogen) atoms. The van der Waals surface area contributed by atoms with Crippen LogP contribution in [0.4, 0.5) is 0 Å². The fourth-order valence-electron chi connectivity index (χ4n) is 6.91. The summed E-state index contributed by atoms with van der Waals surface area (Å²) in [5, 5.41) is 31.8. The minimum atomic E-state index is -1.23. The number of hydrogen-bond donors (Lipinski definition) is 3. The summed E-state index contributed by atoms with van der Waals surface area (Å²) in [6.45, 7) is 3.64. The Balaban J connectivity index is 1.75. The Kier molecular flexibility index (Phi) is 4.07. The van der Waals surface area contributed by atoms with Crippen LogP contribution in [-0.4, -0.2) is 45.2 Å². The number of Topliss-reactive ketones (excluding diaryl/α,β-unsaturated/α-hetero) is 1. The largest absolute Gasteiger partial charge is 0.393 e. The van der Waals surface area contributed by atoms with E-state index < -0.39 is 29.6 Å². The first-order valence-corrected chi connectivity index (χ1v) is 9.71. The first-order chi connectivity index (χ1) is 12.2. The number of carbonyl (C=O) groups is 2. The van der Waals surface area contributed by atoms with Crippen LogP contribution < -0.4 is 0 Å². The third kappa shape index (κ3) is 2.26. The molecule has 3 N–H and O–H groups in total. The molecule has 5 nitrogen and oxygen atoms in total. The maximum Gasteiger partial charge on any atom is 0.178 e. The zero-order valence-corrected chi connectivity index (χ0v) is 15.4. The van der Waals surface area contributed by atoms with Crippen LogP contribution in [0, 0.1) is 35.0 Å². The molecule has 4 aliphatic carbocycles. The normalized spacial score (nSPS) is 49.9. The van der Waals surface area contributed by atoms with Crippen molar-refractivity contribution >= 4 is 11.6 Å². The molecule has 8 atom stereocenters. The van der Waals surface area contributed by atoms with Gasteiger partial charge >= 0.3 is 0 Å². The number of allylic oxidation sites excluding steroid dienone is 4. The van der Waals surface area contributed by atoms with Crippen molar-refractivity contribution in [2.75, 3.05) is 6.61 Å². The van der Waals surface area contributed by atoms with Crippen molar-refractivity contribution in [3.63, 3.8) is 0 Å². The van der Waals surface area contributed by atoms with Crippen LogP contribution in [0.3, 0.4) is 0 Å². The van der Waals surface area contributed by atoms with E-state index in [1.807, 2.05) is 6.08 Å². The van der Waals surface area contributed by atoms with E-state index in [0.29, 0.717) is 6.42 Å². The molecule has 0 bridgehead atoms. The van der Waals surface area contributed by atoms with Crippen molar-refractivity contribution in [2.24, 2.45) is 35.0 Å². The molecular formula is C21H28O5. The number of fused-ring (bicyclic) bond motifs is 5. The van der Waals surface area contributed by atoms with Gasteiger partial charge in [0.1, 0.15) is 6.61 Å². The summed E-state index contributed by atoms with van der Waals surface area (Å²) < 4.78 is 0. The lowest BCUT2D eigenvalue weighted by molar-refractivity contribution is -0.176. The monoisotopic (exact) mass is 360 g/mol. The quantitative estimate of drug-likeness (QED) is 0.692. The van der Waals surface area contributed by atoms with Gasteiger partial charge in [-0.25, -0.2) is 0 Å².